The molecule has 0 aromatic carbocycles. The first kappa shape index (κ1) is 13.7. The first-order valence-corrected chi connectivity index (χ1v) is 7.41. The van der Waals surface area contributed by atoms with Crippen molar-refractivity contribution in [3.8, 4) is 11.4 Å². The number of nitrogens with zero attached hydrogens (tertiary/aromatic N) is 2. The second kappa shape index (κ2) is 6.04. The van der Waals surface area contributed by atoms with E-state index in [1.165, 1.54) is 5.56 Å². The number of esters is 1. The Kier molecular flexibility index (Phi) is 3.95. The number of pyridine rings is 2. The largest absolute Gasteiger partial charge is 0.462 e. The Balaban J connectivity index is 2.13. The number of carbonyl (C=O) groups excluding carboxylic acids is 1. The number of ether oxygens (including phenoxy) is 1. The molecule has 0 atom stereocenters. The van der Waals surface area contributed by atoms with E-state index in [1.807, 2.05) is 31.2 Å². The standard InChI is InChI=1S/C17H18N2O2/c1-2-21-17(20)13-11-12-7-3-4-8-14(12)19-16(13)15-9-5-6-10-18-15/h5-6,9-11H,2-4,7-8H2,1H3. The van der Waals surface area contributed by atoms with E-state index in [0.29, 0.717) is 23.6 Å². The molecule has 0 aliphatic heterocycles. The molecule has 0 N–H and O–H groups in total. The first-order valence-electron chi connectivity index (χ1n) is 7.41. The van der Waals surface area contributed by atoms with Crippen molar-refractivity contribution in [2.24, 2.45) is 0 Å². The quantitative estimate of drug-likeness (QED) is 0.811. The molecule has 2 heterocycles. The number of rotatable bonds is 3. The number of hydrogen-bond donors (Lipinski definition) is 0. The van der Waals surface area contributed by atoms with E-state index in [2.05, 4.69) is 4.98 Å². The van der Waals surface area contributed by atoms with E-state index >= 15 is 0 Å². The Labute approximate surface area is 124 Å². The number of aryl methyl sites for hydroxylation is 2. The average Bonchev–Trinajstić information content (AvgIpc) is 2.54. The normalized spacial score (nSPS) is 13.6. The van der Waals surface area contributed by atoms with Crippen molar-refractivity contribution in [3.05, 3.63) is 47.3 Å². The van der Waals surface area contributed by atoms with Crippen LogP contribution in [0, 0.1) is 0 Å². The van der Waals surface area contributed by atoms with E-state index < -0.39 is 0 Å². The number of fused-ring (bicyclic) bond motifs is 1. The predicted octanol–water partition coefficient (Wildman–Crippen LogP) is 3.20. The van der Waals surface area contributed by atoms with Gasteiger partial charge < -0.3 is 4.74 Å². The SMILES string of the molecule is CCOC(=O)c1cc2c(nc1-c1ccccn1)CCCC2. The van der Waals surface area contributed by atoms with Gasteiger partial charge in [0.25, 0.3) is 0 Å². The summed E-state index contributed by atoms with van der Waals surface area (Å²) in [5.41, 5.74) is 4.14. The zero-order valence-electron chi connectivity index (χ0n) is 12.1. The van der Waals surface area contributed by atoms with Crippen LogP contribution in [0.1, 0.15) is 41.4 Å². The maximum absolute atomic E-state index is 12.2. The minimum Gasteiger partial charge on any atom is -0.462 e. The molecule has 0 amide bonds. The molecule has 2 aromatic heterocycles. The van der Waals surface area contributed by atoms with E-state index in [1.54, 1.807) is 6.20 Å². The second-order valence-electron chi connectivity index (χ2n) is 5.13. The molecule has 0 unspecified atom stereocenters. The van der Waals surface area contributed by atoms with Crippen molar-refractivity contribution in [2.45, 2.75) is 32.6 Å². The average molecular weight is 282 g/mol. The van der Waals surface area contributed by atoms with Gasteiger partial charge in [0.1, 0.15) is 5.69 Å². The van der Waals surface area contributed by atoms with Crippen molar-refractivity contribution in [1.29, 1.82) is 0 Å². The molecule has 4 nitrogen and oxygen atoms in total. The second-order valence-corrected chi connectivity index (χ2v) is 5.13. The summed E-state index contributed by atoms with van der Waals surface area (Å²) in [6.07, 6.45) is 5.97. The van der Waals surface area contributed by atoms with Crippen LogP contribution in [0.3, 0.4) is 0 Å². The number of hydrogen-bond acceptors (Lipinski definition) is 4. The Morgan fingerprint density at radius 1 is 1.29 bits per heavy atom. The summed E-state index contributed by atoms with van der Waals surface area (Å²) in [4.78, 5) is 21.3. The van der Waals surface area contributed by atoms with Crippen molar-refractivity contribution >= 4 is 5.97 Å². The maximum atomic E-state index is 12.2. The highest BCUT2D eigenvalue weighted by atomic mass is 16.5. The summed E-state index contributed by atoms with van der Waals surface area (Å²) in [5.74, 6) is -0.320. The van der Waals surface area contributed by atoms with Crippen molar-refractivity contribution in [3.63, 3.8) is 0 Å². The highest BCUT2D eigenvalue weighted by Crippen LogP contribution is 2.27. The van der Waals surface area contributed by atoms with Gasteiger partial charge in [0, 0.05) is 11.9 Å². The van der Waals surface area contributed by atoms with Gasteiger partial charge in [-0.05, 0) is 56.4 Å². The fourth-order valence-corrected chi connectivity index (χ4v) is 2.70. The van der Waals surface area contributed by atoms with Crippen molar-refractivity contribution < 1.29 is 9.53 Å². The van der Waals surface area contributed by atoms with Gasteiger partial charge in [-0.15, -0.1) is 0 Å². The molecule has 3 rings (SSSR count). The molecule has 0 fully saturated rings. The van der Waals surface area contributed by atoms with Crippen LogP contribution in [0.5, 0.6) is 0 Å². The highest BCUT2D eigenvalue weighted by Gasteiger charge is 2.21. The van der Waals surface area contributed by atoms with Gasteiger partial charge in [-0.2, -0.15) is 0 Å². The molecular formula is C17H18N2O2. The first-order chi connectivity index (χ1) is 10.3. The van der Waals surface area contributed by atoms with Gasteiger partial charge in [-0.1, -0.05) is 6.07 Å². The van der Waals surface area contributed by atoms with Crippen LogP contribution >= 0.6 is 0 Å². The van der Waals surface area contributed by atoms with E-state index in [-0.39, 0.29) is 5.97 Å². The molecule has 1 aliphatic carbocycles. The lowest BCUT2D eigenvalue weighted by molar-refractivity contribution is 0.0526. The smallest absolute Gasteiger partial charge is 0.340 e. The molecule has 0 spiro atoms. The Bertz CT molecular complexity index is 653. The third-order valence-electron chi connectivity index (χ3n) is 3.70. The topological polar surface area (TPSA) is 52.1 Å². The van der Waals surface area contributed by atoms with E-state index in [9.17, 15) is 4.79 Å². The molecule has 0 saturated carbocycles. The van der Waals surface area contributed by atoms with Crippen LogP contribution in [0.15, 0.2) is 30.5 Å². The Hall–Kier alpha value is -2.23. The van der Waals surface area contributed by atoms with Gasteiger partial charge in [-0.25, -0.2) is 9.78 Å². The van der Waals surface area contributed by atoms with Gasteiger partial charge in [0.05, 0.1) is 17.9 Å². The van der Waals surface area contributed by atoms with E-state index in [0.717, 1.165) is 31.4 Å². The Morgan fingerprint density at radius 3 is 2.90 bits per heavy atom. The van der Waals surface area contributed by atoms with Gasteiger partial charge in [-0.3, -0.25) is 4.98 Å². The van der Waals surface area contributed by atoms with Gasteiger partial charge in [0.15, 0.2) is 0 Å². The fourth-order valence-electron chi connectivity index (χ4n) is 2.70. The lowest BCUT2D eigenvalue weighted by Gasteiger charge is -2.18. The van der Waals surface area contributed by atoms with Gasteiger partial charge in [0.2, 0.25) is 0 Å². The summed E-state index contributed by atoms with van der Waals surface area (Å²) in [6.45, 7) is 2.17. The summed E-state index contributed by atoms with van der Waals surface area (Å²) in [6, 6.07) is 7.58. The summed E-state index contributed by atoms with van der Waals surface area (Å²) in [7, 11) is 0. The number of carbonyl (C=O) groups is 1. The zero-order chi connectivity index (χ0) is 14.7. The van der Waals surface area contributed by atoms with Crippen LogP contribution in [0.25, 0.3) is 11.4 Å². The molecule has 21 heavy (non-hydrogen) atoms. The van der Waals surface area contributed by atoms with Gasteiger partial charge >= 0.3 is 5.97 Å². The Morgan fingerprint density at radius 2 is 2.14 bits per heavy atom. The third-order valence-corrected chi connectivity index (χ3v) is 3.70. The zero-order valence-corrected chi connectivity index (χ0v) is 12.1. The van der Waals surface area contributed by atoms with Crippen LogP contribution in [0.2, 0.25) is 0 Å². The molecule has 0 radical (unpaired) electrons. The third kappa shape index (κ3) is 2.79. The minimum absolute atomic E-state index is 0.320. The minimum atomic E-state index is -0.320. The van der Waals surface area contributed by atoms with Crippen molar-refractivity contribution in [2.75, 3.05) is 6.61 Å². The monoisotopic (exact) mass is 282 g/mol. The molecule has 0 bridgehead atoms. The lowest BCUT2D eigenvalue weighted by atomic mass is 9.93. The van der Waals surface area contributed by atoms with Crippen molar-refractivity contribution in [1.82, 2.24) is 9.97 Å². The van der Waals surface area contributed by atoms with Crippen LogP contribution in [-0.2, 0) is 17.6 Å². The summed E-state index contributed by atoms with van der Waals surface area (Å²) in [5, 5.41) is 0. The van der Waals surface area contributed by atoms with Crippen LogP contribution < -0.4 is 0 Å². The molecule has 1 aliphatic rings. The summed E-state index contributed by atoms with van der Waals surface area (Å²) < 4.78 is 5.17. The highest BCUT2D eigenvalue weighted by molar-refractivity contribution is 5.96. The fraction of sp³-hybridized carbons (Fsp3) is 0.353. The maximum Gasteiger partial charge on any atom is 0.340 e. The summed E-state index contributed by atoms with van der Waals surface area (Å²) >= 11 is 0. The molecular weight excluding hydrogens is 264 g/mol. The lowest BCUT2D eigenvalue weighted by Crippen LogP contribution is -2.13. The molecule has 4 heteroatoms. The molecule has 0 saturated heterocycles. The van der Waals surface area contributed by atoms with Crippen LogP contribution in [-0.4, -0.2) is 22.5 Å². The van der Waals surface area contributed by atoms with Crippen LogP contribution in [0.4, 0.5) is 0 Å². The number of aromatic nitrogens is 2. The predicted molar refractivity (Wildman–Crippen MR) is 80.1 cm³/mol. The van der Waals surface area contributed by atoms with E-state index in [4.69, 9.17) is 9.72 Å². The molecule has 108 valence electrons. The molecule has 2 aromatic rings.